The fourth-order valence-corrected chi connectivity index (χ4v) is 2.88. The van der Waals surface area contributed by atoms with E-state index < -0.39 is 11.5 Å². The average molecular weight is 241 g/mol. The van der Waals surface area contributed by atoms with Crippen LogP contribution in [0, 0.1) is 5.41 Å². The van der Waals surface area contributed by atoms with Crippen LogP contribution in [-0.2, 0) is 4.79 Å². The summed E-state index contributed by atoms with van der Waals surface area (Å²) in [6.45, 7) is 0.916. The van der Waals surface area contributed by atoms with Crippen molar-refractivity contribution in [2.45, 2.75) is 38.2 Å². The van der Waals surface area contributed by atoms with Gasteiger partial charge in [0.25, 0.3) is 0 Å². The highest BCUT2D eigenvalue weighted by Gasteiger charge is 2.48. The van der Waals surface area contributed by atoms with Crippen molar-refractivity contribution in [3.05, 3.63) is 0 Å². The van der Waals surface area contributed by atoms with Gasteiger partial charge >= 0.3 is 0 Å². The van der Waals surface area contributed by atoms with Crippen LogP contribution < -0.4 is 5.73 Å². The fourth-order valence-electron chi connectivity index (χ4n) is 2.88. The molecule has 1 aliphatic carbocycles. The van der Waals surface area contributed by atoms with Crippen LogP contribution in [-0.4, -0.2) is 46.1 Å². The van der Waals surface area contributed by atoms with E-state index in [0.29, 0.717) is 32.4 Å². The minimum absolute atomic E-state index is 0.0152. The molecule has 1 saturated carbocycles. The molecule has 6 heteroatoms. The second-order valence-electron chi connectivity index (χ2n) is 4.97. The summed E-state index contributed by atoms with van der Waals surface area (Å²) in [5, 5.41) is 21.4. The Morgan fingerprint density at radius 1 is 1.41 bits per heavy atom. The van der Waals surface area contributed by atoms with Gasteiger partial charge in [-0.3, -0.25) is 4.79 Å². The minimum Gasteiger partial charge on any atom is -0.409 e. The second kappa shape index (κ2) is 4.52. The molecule has 2 rings (SSSR count). The van der Waals surface area contributed by atoms with Crippen LogP contribution in [0.4, 0.5) is 0 Å². The number of carbonyl (C=O) groups is 1. The van der Waals surface area contributed by atoms with Gasteiger partial charge in [-0.2, -0.15) is 0 Å². The molecular formula is C11H19N3O3. The minimum atomic E-state index is -0.835. The SMILES string of the molecule is N/C(=N/O)C1(C(=O)N2CCC(O)C2)CCCC1. The summed E-state index contributed by atoms with van der Waals surface area (Å²) in [7, 11) is 0. The first-order valence-electron chi connectivity index (χ1n) is 6.05. The van der Waals surface area contributed by atoms with Crippen molar-refractivity contribution >= 4 is 11.7 Å². The molecular weight excluding hydrogens is 222 g/mol. The number of nitrogens with two attached hydrogens (primary N) is 1. The molecule has 0 spiro atoms. The highest BCUT2D eigenvalue weighted by molar-refractivity contribution is 6.07. The van der Waals surface area contributed by atoms with Crippen molar-refractivity contribution in [2.24, 2.45) is 16.3 Å². The summed E-state index contributed by atoms with van der Waals surface area (Å²) in [4.78, 5) is 14.1. The Labute approximate surface area is 100 Å². The Balaban J connectivity index is 2.19. The van der Waals surface area contributed by atoms with Crippen molar-refractivity contribution in [2.75, 3.05) is 13.1 Å². The van der Waals surface area contributed by atoms with Gasteiger partial charge in [-0.15, -0.1) is 0 Å². The normalized spacial score (nSPS) is 28.6. The molecule has 17 heavy (non-hydrogen) atoms. The zero-order chi connectivity index (χ0) is 12.5. The third-order valence-corrected chi connectivity index (χ3v) is 3.92. The van der Waals surface area contributed by atoms with Crippen LogP contribution in [0.1, 0.15) is 32.1 Å². The number of likely N-dealkylation sites (tertiary alicyclic amines) is 1. The standard InChI is InChI=1S/C11H19N3O3/c12-9(13-17)11(4-1-2-5-11)10(16)14-6-3-8(15)7-14/h8,15,17H,1-7H2,(H2,12,13). The molecule has 0 bridgehead atoms. The molecule has 2 fully saturated rings. The van der Waals surface area contributed by atoms with Gasteiger partial charge < -0.3 is 20.9 Å². The summed E-state index contributed by atoms with van der Waals surface area (Å²) in [5.74, 6) is -0.0803. The highest BCUT2D eigenvalue weighted by atomic mass is 16.4. The number of aliphatic hydroxyl groups excluding tert-OH is 1. The van der Waals surface area contributed by atoms with Crippen LogP contribution in [0.25, 0.3) is 0 Å². The van der Waals surface area contributed by atoms with Crippen LogP contribution in [0.3, 0.4) is 0 Å². The van der Waals surface area contributed by atoms with Crippen LogP contribution >= 0.6 is 0 Å². The lowest BCUT2D eigenvalue weighted by Crippen LogP contribution is -2.49. The van der Waals surface area contributed by atoms with Gasteiger partial charge in [-0.1, -0.05) is 18.0 Å². The van der Waals surface area contributed by atoms with Gasteiger partial charge in [0.1, 0.15) is 5.41 Å². The summed E-state index contributed by atoms with van der Waals surface area (Å²) in [5.41, 5.74) is 4.87. The lowest BCUT2D eigenvalue weighted by Gasteiger charge is -2.30. The predicted molar refractivity (Wildman–Crippen MR) is 61.5 cm³/mol. The Morgan fingerprint density at radius 2 is 2.06 bits per heavy atom. The zero-order valence-electron chi connectivity index (χ0n) is 9.80. The number of oxime groups is 1. The number of carbonyl (C=O) groups excluding carboxylic acids is 1. The van der Waals surface area contributed by atoms with E-state index in [1.54, 1.807) is 4.90 Å². The molecule has 1 atom stereocenters. The first kappa shape index (κ1) is 12.2. The molecule has 2 aliphatic rings. The maximum absolute atomic E-state index is 12.5. The topological polar surface area (TPSA) is 99.2 Å². The largest absolute Gasteiger partial charge is 0.409 e. The molecule has 4 N–H and O–H groups in total. The number of rotatable bonds is 2. The van der Waals surface area contributed by atoms with Gasteiger partial charge in [0.05, 0.1) is 6.10 Å². The molecule has 0 aromatic heterocycles. The van der Waals surface area contributed by atoms with Crippen LogP contribution in [0.15, 0.2) is 5.16 Å². The number of amidine groups is 1. The molecule has 0 aromatic carbocycles. The smallest absolute Gasteiger partial charge is 0.236 e. The van der Waals surface area contributed by atoms with Crippen molar-refractivity contribution in [3.63, 3.8) is 0 Å². The third kappa shape index (κ3) is 1.97. The van der Waals surface area contributed by atoms with Crippen LogP contribution in [0.2, 0.25) is 0 Å². The molecule has 1 aliphatic heterocycles. The van der Waals surface area contributed by atoms with Crippen molar-refractivity contribution in [1.82, 2.24) is 4.90 Å². The molecule has 0 aromatic rings. The maximum atomic E-state index is 12.5. The van der Waals surface area contributed by atoms with E-state index in [1.165, 1.54) is 0 Å². The van der Waals surface area contributed by atoms with Gasteiger partial charge in [-0.05, 0) is 19.3 Å². The summed E-state index contributed by atoms with van der Waals surface area (Å²) in [6.07, 6.45) is 3.27. The summed E-state index contributed by atoms with van der Waals surface area (Å²) in [6, 6.07) is 0. The van der Waals surface area contributed by atoms with Crippen LogP contribution in [0.5, 0.6) is 0 Å². The number of hydrogen-bond acceptors (Lipinski definition) is 4. The number of nitrogens with zero attached hydrogens (tertiary/aromatic N) is 2. The zero-order valence-corrected chi connectivity index (χ0v) is 9.80. The van der Waals surface area contributed by atoms with E-state index in [4.69, 9.17) is 10.9 Å². The van der Waals surface area contributed by atoms with Gasteiger partial charge in [0, 0.05) is 13.1 Å². The van der Waals surface area contributed by atoms with Gasteiger partial charge in [0.2, 0.25) is 5.91 Å². The quantitative estimate of drug-likeness (QED) is 0.272. The van der Waals surface area contributed by atoms with E-state index in [1.807, 2.05) is 0 Å². The molecule has 1 unspecified atom stereocenters. The predicted octanol–water partition coefficient (Wildman–Crippen LogP) is -0.114. The van der Waals surface area contributed by atoms with Crippen molar-refractivity contribution < 1.29 is 15.1 Å². The molecule has 0 radical (unpaired) electrons. The Morgan fingerprint density at radius 3 is 2.53 bits per heavy atom. The molecule has 1 amide bonds. The number of β-amino-alcohol motifs (C(OH)–C–C–N with tert-alkyl or cyclic N) is 1. The molecule has 96 valence electrons. The first-order valence-corrected chi connectivity index (χ1v) is 6.05. The van der Waals surface area contributed by atoms with Gasteiger partial charge in [0.15, 0.2) is 5.84 Å². The maximum Gasteiger partial charge on any atom is 0.236 e. The third-order valence-electron chi connectivity index (χ3n) is 3.92. The van der Waals surface area contributed by atoms with Crippen molar-refractivity contribution in [1.29, 1.82) is 0 Å². The number of amides is 1. The van der Waals surface area contributed by atoms with E-state index in [-0.39, 0.29) is 11.7 Å². The van der Waals surface area contributed by atoms with E-state index >= 15 is 0 Å². The Bertz CT molecular complexity index is 337. The number of hydrogen-bond donors (Lipinski definition) is 3. The number of aliphatic hydroxyl groups is 1. The highest BCUT2D eigenvalue weighted by Crippen LogP contribution is 2.40. The summed E-state index contributed by atoms with van der Waals surface area (Å²) < 4.78 is 0. The molecule has 6 nitrogen and oxygen atoms in total. The fraction of sp³-hybridized carbons (Fsp3) is 0.818. The van der Waals surface area contributed by atoms with Gasteiger partial charge in [-0.25, -0.2) is 0 Å². The summed E-state index contributed by atoms with van der Waals surface area (Å²) >= 11 is 0. The molecule has 1 heterocycles. The van der Waals surface area contributed by atoms with E-state index in [2.05, 4.69) is 5.16 Å². The van der Waals surface area contributed by atoms with E-state index in [0.717, 1.165) is 12.8 Å². The first-order chi connectivity index (χ1) is 8.10. The monoisotopic (exact) mass is 241 g/mol. The average Bonchev–Trinajstić information content (AvgIpc) is 2.96. The van der Waals surface area contributed by atoms with E-state index in [9.17, 15) is 9.90 Å². The lowest BCUT2D eigenvalue weighted by atomic mass is 9.83. The lowest BCUT2D eigenvalue weighted by molar-refractivity contribution is -0.137. The molecule has 1 saturated heterocycles. The Kier molecular flexibility index (Phi) is 3.24. The Hall–Kier alpha value is -1.30. The second-order valence-corrected chi connectivity index (χ2v) is 4.97. The van der Waals surface area contributed by atoms with Crippen molar-refractivity contribution in [3.8, 4) is 0 Å².